The zero-order valence-corrected chi connectivity index (χ0v) is 10.3. The maximum atomic E-state index is 13.6. The summed E-state index contributed by atoms with van der Waals surface area (Å²) in [6.07, 6.45) is 0.791. The molecule has 0 N–H and O–H groups in total. The Morgan fingerprint density at radius 2 is 2.00 bits per heavy atom. The normalized spacial score (nSPS) is 11.1. The summed E-state index contributed by atoms with van der Waals surface area (Å²) >= 11 is 0. The Bertz CT molecular complexity index is 517. The third-order valence-electron chi connectivity index (χ3n) is 2.62. The van der Waals surface area contributed by atoms with Crippen molar-refractivity contribution in [2.75, 3.05) is 0 Å². The smallest absolute Gasteiger partial charge is 0.184 e. The minimum absolute atomic E-state index is 0.234. The summed E-state index contributed by atoms with van der Waals surface area (Å²) in [5.74, 6) is 1.07. The van der Waals surface area contributed by atoms with E-state index in [1.807, 2.05) is 25.5 Å². The lowest BCUT2D eigenvalue weighted by atomic mass is 10.2. The molecule has 1 aromatic heterocycles. The molecule has 0 bridgehead atoms. The first-order valence-electron chi connectivity index (χ1n) is 5.83. The lowest BCUT2D eigenvalue weighted by Gasteiger charge is -2.06. The van der Waals surface area contributed by atoms with E-state index in [2.05, 4.69) is 10.1 Å². The Hall–Kier alpha value is -1.71. The Morgan fingerprint density at radius 3 is 2.53 bits per heavy atom. The summed E-state index contributed by atoms with van der Waals surface area (Å²) in [5, 5.41) is 4.38. The van der Waals surface area contributed by atoms with E-state index in [9.17, 15) is 4.39 Å². The second kappa shape index (κ2) is 4.65. The van der Waals surface area contributed by atoms with Crippen LogP contribution in [0.25, 0.3) is 11.4 Å². The number of hydrogen-bond donors (Lipinski definition) is 0. The van der Waals surface area contributed by atoms with Gasteiger partial charge in [0.25, 0.3) is 0 Å². The maximum absolute atomic E-state index is 13.6. The highest BCUT2D eigenvalue weighted by Gasteiger charge is 2.14. The number of aromatic nitrogens is 3. The summed E-state index contributed by atoms with van der Waals surface area (Å²) in [5.41, 5.74) is 0.460. The van der Waals surface area contributed by atoms with Crippen LogP contribution < -0.4 is 0 Å². The molecule has 0 saturated carbocycles. The number of halogens is 1. The molecule has 0 aliphatic rings. The molecule has 2 aromatic rings. The van der Waals surface area contributed by atoms with Crippen molar-refractivity contribution in [3.8, 4) is 11.4 Å². The first-order valence-corrected chi connectivity index (χ1v) is 5.83. The van der Waals surface area contributed by atoms with Gasteiger partial charge in [-0.3, -0.25) is 0 Å². The molecule has 0 aliphatic heterocycles. The fourth-order valence-electron chi connectivity index (χ4n) is 1.77. The van der Waals surface area contributed by atoms with E-state index in [0.29, 0.717) is 11.4 Å². The molecule has 0 atom stereocenters. The SMILES string of the molecule is CCc1nc(-c2ccccc2F)nn1C(C)C. The molecule has 0 unspecified atom stereocenters. The lowest BCUT2D eigenvalue weighted by Crippen LogP contribution is -2.07. The van der Waals surface area contributed by atoms with Gasteiger partial charge in [0.05, 0.1) is 5.56 Å². The largest absolute Gasteiger partial charge is 0.247 e. The summed E-state index contributed by atoms with van der Waals surface area (Å²) in [6.45, 7) is 6.10. The second-order valence-electron chi connectivity index (χ2n) is 4.22. The van der Waals surface area contributed by atoms with Gasteiger partial charge in [-0.25, -0.2) is 14.1 Å². The van der Waals surface area contributed by atoms with Crippen LogP contribution in [0.2, 0.25) is 0 Å². The Morgan fingerprint density at radius 1 is 1.29 bits per heavy atom. The van der Waals surface area contributed by atoms with Crippen molar-refractivity contribution in [3.05, 3.63) is 35.9 Å². The number of rotatable bonds is 3. The second-order valence-corrected chi connectivity index (χ2v) is 4.22. The molecule has 2 rings (SSSR count). The molecule has 3 nitrogen and oxygen atoms in total. The number of benzene rings is 1. The molecule has 17 heavy (non-hydrogen) atoms. The monoisotopic (exact) mass is 233 g/mol. The van der Waals surface area contributed by atoms with Gasteiger partial charge < -0.3 is 0 Å². The molecule has 90 valence electrons. The minimum atomic E-state index is -0.281. The highest BCUT2D eigenvalue weighted by molar-refractivity contribution is 5.55. The predicted molar refractivity (Wildman–Crippen MR) is 65.2 cm³/mol. The number of aryl methyl sites for hydroxylation is 1. The van der Waals surface area contributed by atoms with E-state index in [-0.39, 0.29) is 11.9 Å². The molecule has 1 aromatic carbocycles. The topological polar surface area (TPSA) is 30.7 Å². The van der Waals surface area contributed by atoms with Crippen molar-refractivity contribution >= 4 is 0 Å². The van der Waals surface area contributed by atoms with Crippen molar-refractivity contribution in [2.45, 2.75) is 33.2 Å². The van der Waals surface area contributed by atoms with Crippen LogP contribution in [0.5, 0.6) is 0 Å². The average Bonchev–Trinajstić information content (AvgIpc) is 2.73. The first-order chi connectivity index (χ1) is 8.13. The van der Waals surface area contributed by atoms with E-state index in [0.717, 1.165) is 12.2 Å². The Labute approximate surface area is 100 Å². The summed E-state index contributed by atoms with van der Waals surface area (Å²) in [4.78, 5) is 4.39. The van der Waals surface area contributed by atoms with Crippen LogP contribution in [0.4, 0.5) is 4.39 Å². The van der Waals surface area contributed by atoms with E-state index in [1.165, 1.54) is 6.07 Å². The zero-order chi connectivity index (χ0) is 12.4. The van der Waals surface area contributed by atoms with Crippen molar-refractivity contribution in [1.29, 1.82) is 0 Å². The quantitative estimate of drug-likeness (QED) is 0.814. The van der Waals surface area contributed by atoms with Gasteiger partial charge in [-0.15, -0.1) is 0 Å². The molecule has 0 saturated heterocycles. The Kier molecular flexibility index (Phi) is 3.22. The van der Waals surface area contributed by atoms with Gasteiger partial charge >= 0.3 is 0 Å². The van der Waals surface area contributed by atoms with Crippen LogP contribution in [0.3, 0.4) is 0 Å². The van der Waals surface area contributed by atoms with Crippen LogP contribution in [-0.4, -0.2) is 14.8 Å². The lowest BCUT2D eigenvalue weighted by molar-refractivity contribution is 0.508. The summed E-state index contributed by atoms with van der Waals surface area (Å²) in [6, 6.07) is 6.82. The fraction of sp³-hybridized carbons (Fsp3) is 0.385. The van der Waals surface area contributed by atoms with Gasteiger partial charge in [-0.1, -0.05) is 19.1 Å². The molecule has 4 heteroatoms. The molecular formula is C13H16FN3. The van der Waals surface area contributed by atoms with Gasteiger partial charge in [0.15, 0.2) is 5.82 Å². The van der Waals surface area contributed by atoms with Gasteiger partial charge in [0, 0.05) is 12.5 Å². The van der Waals surface area contributed by atoms with Gasteiger partial charge in [0.1, 0.15) is 11.6 Å². The van der Waals surface area contributed by atoms with E-state index < -0.39 is 0 Å². The van der Waals surface area contributed by atoms with Crippen molar-refractivity contribution in [1.82, 2.24) is 14.8 Å². The standard InChI is InChI=1S/C13H16FN3/c1-4-12-15-13(16-17(12)9(2)3)10-7-5-6-8-11(10)14/h5-9H,4H2,1-3H3. The molecule has 1 heterocycles. The van der Waals surface area contributed by atoms with E-state index in [1.54, 1.807) is 18.2 Å². The van der Waals surface area contributed by atoms with Gasteiger partial charge in [0.2, 0.25) is 0 Å². The molecule has 0 fully saturated rings. The van der Waals surface area contributed by atoms with Crippen molar-refractivity contribution in [3.63, 3.8) is 0 Å². The number of hydrogen-bond acceptors (Lipinski definition) is 2. The van der Waals surface area contributed by atoms with Crippen LogP contribution in [0.15, 0.2) is 24.3 Å². The number of nitrogens with zero attached hydrogens (tertiary/aromatic N) is 3. The van der Waals surface area contributed by atoms with Crippen LogP contribution in [0, 0.1) is 5.82 Å². The summed E-state index contributed by atoms with van der Waals surface area (Å²) in [7, 11) is 0. The van der Waals surface area contributed by atoms with Crippen LogP contribution >= 0.6 is 0 Å². The predicted octanol–water partition coefficient (Wildman–Crippen LogP) is 3.23. The average molecular weight is 233 g/mol. The molecule has 0 amide bonds. The molecule has 0 spiro atoms. The van der Waals surface area contributed by atoms with Crippen LogP contribution in [-0.2, 0) is 6.42 Å². The maximum Gasteiger partial charge on any atom is 0.184 e. The van der Waals surface area contributed by atoms with Crippen molar-refractivity contribution in [2.24, 2.45) is 0 Å². The minimum Gasteiger partial charge on any atom is -0.247 e. The fourth-order valence-corrected chi connectivity index (χ4v) is 1.77. The van der Waals surface area contributed by atoms with Crippen molar-refractivity contribution < 1.29 is 4.39 Å². The summed E-state index contributed by atoms with van der Waals surface area (Å²) < 4.78 is 15.5. The van der Waals surface area contributed by atoms with Gasteiger partial charge in [-0.2, -0.15) is 5.10 Å². The third-order valence-corrected chi connectivity index (χ3v) is 2.62. The first kappa shape index (κ1) is 11.8. The zero-order valence-electron chi connectivity index (χ0n) is 10.3. The molecule has 0 radical (unpaired) electrons. The molecular weight excluding hydrogens is 217 g/mol. The van der Waals surface area contributed by atoms with E-state index >= 15 is 0 Å². The van der Waals surface area contributed by atoms with Gasteiger partial charge in [-0.05, 0) is 26.0 Å². The highest BCUT2D eigenvalue weighted by Crippen LogP contribution is 2.20. The highest BCUT2D eigenvalue weighted by atomic mass is 19.1. The van der Waals surface area contributed by atoms with E-state index in [4.69, 9.17) is 0 Å². The third kappa shape index (κ3) is 2.20. The Balaban J connectivity index is 2.51. The van der Waals surface area contributed by atoms with Crippen LogP contribution in [0.1, 0.15) is 32.6 Å². The molecule has 0 aliphatic carbocycles.